The van der Waals surface area contributed by atoms with E-state index in [1.54, 1.807) is 19.2 Å². The van der Waals surface area contributed by atoms with Crippen LogP contribution >= 0.6 is 24.0 Å². The molecule has 1 heterocycles. The standard InChI is InChI=1S/C19H30FN5.HI/c1-19(2,13-25(4)5)12-24-18(21-3)22-9-8-14-11-23-17-7-6-15(20)10-16(14)17;/h6-7,10-11,23H,8-9,12-13H2,1-5H3,(H2,21,22,24);1H. The minimum absolute atomic E-state index is 0. The molecule has 0 saturated carbocycles. The Hall–Kier alpha value is -1.35. The first-order valence-electron chi connectivity index (χ1n) is 8.65. The SMILES string of the molecule is CN=C(NCCc1c[nH]c2ccc(F)cc12)NCC(C)(C)CN(C)C.I. The van der Waals surface area contributed by atoms with E-state index in [9.17, 15) is 4.39 Å². The molecule has 5 nitrogen and oxygen atoms in total. The van der Waals surface area contributed by atoms with Gasteiger partial charge in [0, 0.05) is 43.8 Å². The fourth-order valence-corrected chi connectivity index (χ4v) is 3.13. The molecule has 2 rings (SSSR count). The van der Waals surface area contributed by atoms with E-state index in [4.69, 9.17) is 0 Å². The third-order valence-corrected chi connectivity index (χ3v) is 4.12. The third kappa shape index (κ3) is 6.75. The molecule has 26 heavy (non-hydrogen) atoms. The van der Waals surface area contributed by atoms with Gasteiger partial charge < -0.3 is 20.5 Å². The van der Waals surface area contributed by atoms with Gasteiger partial charge in [0.05, 0.1) is 0 Å². The molecule has 0 atom stereocenters. The zero-order valence-corrected chi connectivity index (χ0v) is 18.6. The minimum Gasteiger partial charge on any atom is -0.361 e. The second kappa shape index (κ2) is 10.1. The lowest BCUT2D eigenvalue weighted by atomic mass is 9.93. The van der Waals surface area contributed by atoms with Crippen molar-refractivity contribution in [1.82, 2.24) is 20.5 Å². The topological polar surface area (TPSA) is 55.5 Å². The number of aliphatic imine (C=N–C) groups is 1. The van der Waals surface area contributed by atoms with E-state index in [1.807, 2.05) is 6.20 Å². The van der Waals surface area contributed by atoms with Crippen LogP contribution in [-0.4, -0.2) is 56.6 Å². The summed E-state index contributed by atoms with van der Waals surface area (Å²) >= 11 is 0. The largest absolute Gasteiger partial charge is 0.361 e. The maximum absolute atomic E-state index is 13.4. The van der Waals surface area contributed by atoms with Crippen molar-refractivity contribution in [3.05, 3.63) is 35.8 Å². The summed E-state index contributed by atoms with van der Waals surface area (Å²) in [6.45, 7) is 7.03. The Morgan fingerprint density at radius 2 is 2.00 bits per heavy atom. The summed E-state index contributed by atoms with van der Waals surface area (Å²) in [5.74, 6) is 0.583. The van der Waals surface area contributed by atoms with Crippen molar-refractivity contribution in [2.75, 3.05) is 40.8 Å². The smallest absolute Gasteiger partial charge is 0.191 e. The molecule has 0 radical (unpaired) electrons. The number of nitrogens with one attached hydrogen (secondary N) is 3. The predicted molar refractivity (Wildman–Crippen MR) is 119 cm³/mol. The van der Waals surface area contributed by atoms with Crippen molar-refractivity contribution in [3.63, 3.8) is 0 Å². The van der Waals surface area contributed by atoms with Crippen LogP contribution in [0.4, 0.5) is 4.39 Å². The quantitative estimate of drug-likeness (QED) is 0.328. The molecule has 0 aliphatic carbocycles. The Kier molecular flexibility index (Phi) is 8.82. The van der Waals surface area contributed by atoms with Crippen LogP contribution in [0.3, 0.4) is 0 Å². The minimum atomic E-state index is -0.207. The number of fused-ring (bicyclic) bond motifs is 1. The number of aromatic amines is 1. The van der Waals surface area contributed by atoms with Gasteiger partial charge >= 0.3 is 0 Å². The van der Waals surface area contributed by atoms with Crippen LogP contribution in [0.1, 0.15) is 19.4 Å². The summed E-state index contributed by atoms with van der Waals surface area (Å²) in [5.41, 5.74) is 2.21. The molecular formula is C19H31FIN5. The van der Waals surface area contributed by atoms with Gasteiger partial charge in [-0.2, -0.15) is 0 Å². The first kappa shape index (κ1) is 22.7. The molecule has 0 saturated heterocycles. The highest BCUT2D eigenvalue weighted by Crippen LogP contribution is 2.19. The van der Waals surface area contributed by atoms with E-state index in [-0.39, 0.29) is 35.2 Å². The van der Waals surface area contributed by atoms with Crippen molar-refractivity contribution in [3.8, 4) is 0 Å². The Morgan fingerprint density at radius 3 is 2.65 bits per heavy atom. The molecule has 0 aliphatic rings. The lowest BCUT2D eigenvalue weighted by Crippen LogP contribution is -2.45. The predicted octanol–water partition coefficient (Wildman–Crippen LogP) is 3.22. The molecule has 0 spiro atoms. The van der Waals surface area contributed by atoms with Gasteiger partial charge in [-0.15, -0.1) is 24.0 Å². The molecule has 1 aromatic heterocycles. The summed E-state index contributed by atoms with van der Waals surface area (Å²) in [7, 11) is 5.94. The van der Waals surface area contributed by atoms with E-state index in [2.05, 4.69) is 53.5 Å². The monoisotopic (exact) mass is 475 g/mol. The van der Waals surface area contributed by atoms with Crippen molar-refractivity contribution in [1.29, 1.82) is 0 Å². The lowest BCUT2D eigenvalue weighted by Gasteiger charge is -2.29. The number of H-pyrrole nitrogens is 1. The van der Waals surface area contributed by atoms with Crippen LogP contribution in [0.2, 0.25) is 0 Å². The highest BCUT2D eigenvalue weighted by Gasteiger charge is 2.19. The molecule has 2 aromatic rings. The average Bonchev–Trinajstić information content (AvgIpc) is 2.91. The summed E-state index contributed by atoms with van der Waals surface area (Å²) in [6.07, 6.45) is 2.74. The van der Waals surface area contributed by atoms with Gasteiger partial charge in [-0.25, -0.2) is 4.39 Å². The second-order valence-electron chi connectivity index (χ2n) is 7.51. The molecule has 0 bridgehead atoms. The van der Waals surface area contributed by atoms with Crippen LogP contribution in [-0.2, 0) is 6.42 Å². The van der Waals surface area contributed by atoms with Gasteiger partial charge in [0.1, 0.15) is 5.82 Å². The molecule has 0 aliphatic heterocycles. The van der Waals surface area contributed by atoms with Gasteiger partial charge in [0.25, 0.3) is 0 Å². The van der Waals surface area contributed by atoms with Crippen LogP contribution in [0.25, 0.3) is 10.9 Å². The maximum atomic E-state index is 13.4. The van der Waals surface area contributed by atoms with E-state index in [0.717, 1.165) is 48.5 Å². The van der Waals surface area contributed by atoms with Crippen molar-refractivity contribution < 1.29 is 4.39 Å². The Balaban J connectivity index is 0.00000338. The normalized spacial score (nSPS) is 12.3. The highest BCUT2D eigenvalue weighted by atomic mass is 127. The van der Waals surface area contributed by atoms with Crippen molar-refractivity contribution in [2.24, 2.45) is 10.4 Å². The molecular weight excluding hydrogens is 444 g/mol. The zero-order valence-electron chi connectivity index (χ0n) is 16.3. The molecule has 0 unspecified atom stereocenters. The number of guanidine groups is 1. The first-order chi connectivity index (χ1) is 11.8. The Morgan fingerprint density at radius 1 is 1.27 bits per heavy atom. The number of nitrogens with zero attached hydrogens (tertiary/aromatic N) is 2. The Labute approximate surface area is 172 Å². The zero-order chi connectivity index (χ0) is 18.4. The fourth-order valence-electron chi connectivity index (χ4n) is 3.13. The van der Waals surface area contributed by atoms with Gasteiger partial charge in [-0.3, -0.25) is 4.99 Å². The molecule has 0 fully saturated rings. The highest BCUT2D eigenvalue weighted by molar-refractivity contribution is 14.0. The van der Waals surface area contributed by atoms with E-state index in [1.165, 1.54) is 6.07 Å². The lowest BCUT2D eigenvalue weighted by molar-refractivity contribution is 0.241. The number of benzene rings is 1. The van der Waals surface area contributed by atoms with Crippen LogP contribution in [0.5, 0.6) is 0 Å². The number of aromatic nitrogens is 1. The van der Waals surface area contributed by atoms with Crippen LogP contribution in [0, 0.1) is 11.2 Å². The third-order valence-electron chi connectivity index (χ3n) is 4.12. The van der Waals surface area contributed by atoms with E-state index in [0.29, 0.717) is 0 Å². The number of hydrogen-bond donors (Lipinski definition) is 3. The number of hydrogen-bond acceptors (Lipinski definition) is 2. The van der Waals surface area contributed by atoms with Gasteiger partial charge in [0.2, 0.25) is 0 Å². The number of rotatable bonds is 7. The molecule has 7 heteroatoms. The number of halogens is 2. The van der Waals surface area contributed by atoms with Crippen LogP contribution in [0.15, 0.2) is 29.4 Å². The molecule has 0 amide bonds. The second-order valence-corrected chi connectivity index (χ2v) is 7.51. The van der Waals surface area contributed by atoms with Crippen LogP contribution < -0.4 is 10.6 Å². The summed E-state index contributed by atoms with van der Waals surface area (Å²) in [5, 5.41) is 7.66. The average molecular weight is 475 g/mol. The van der Waals surface area contributed by atoms with Crippen molar-refractivity contribution in [2.45, 2.75) is 20.3 Å². The van der Waals surface area contributed by atoms with Gasteiger partial charge in [-0.1, -0.05) is 13.8 Å². The summed E-state index contributed by atoms with van der Waals surface area (Å²) in [4.78, 5) is 9.65. The molecule has 3 N–H and O–H groups in total. The van der Waals surface area contributed by atoms with Gasteiger partial charge in [-0.05, 0) is 49.7 Å². The fraction of sp³-hybridized carbons (Fsp3) is 0.526. The van der Waals surface area contributed by atoms with E-state index < -0.39 is 0 Å². The molecule has 146 valence electrons. The first-order valence-corrected chi connectivity index (χ1v) is 8.65. The molecule has 1 aromatic carbocycles. The van der Waals surface area contributed by atoms with Crippen molar-refractivity contribution >= 4 is 40.8 Å². The summed E-state index contributed by atoms with van der Waals surface area (Å²) in [6, 6.07) is 4.83. The maximum Gasteiger partial charge on any atom is 0.191 e. The van der Waals surface area contributed by atoms with E-state index >= 15 is 0 Å². The van der Waals surface area contributed by atoms with Gasteiger partial charge in [0.15, 0.2) is 5.96 Å². The summed E-state index contributed by atoms with van der Waals surface area (Å²) < 4.78 is 13.4. The Bertz CT molecular complexity index is 724.